The van der Waals surface area contributed by atoms with E-state index < -0.39 is 16.0 Å². The first-order chi connectivity index (χ1) is 10.9. The molecule has 0 saturated heterocycles. The van der Waals surface area contributed by atoms with Crippen LogP contribution in [0.25, 0.3) is 0 Å². The number of carbonyl (C=O) groups is 1. The standard InChI is InChI=1S/C16H26N2O4S/c1-3-5-7-10-17-15-9-8-13(12-14(15)16(19)20)23(21,22)18-11-6-4-2/h8-9,12,17-18H,3-7,10-11H2,1-2H3,(H,19,20). The number of rotatable bonds is 11. The first-order valence-corrected chi connectivity index (χ1v) is 9.51. The van der Waals surface area contributed by atoms with E-state index in [1.807, 2.05) is 6.92 Å². The molecule has 0 unspecified atom stereocenters. The quantitative estimate of drug-likeness (QED) is 0.537. The molecule has 0 saturated carbocycles. The van der Waals surface area contributed by atoms with Gasteiger partial charge in [-0.05, 0) is 31.0 Å². The predicted molar refractivity (Wildman–Crippen MR) is 91.5 cm³/mol. The molecule has 0 aliphatic heterocycles. The van der Waals surface area contributed by atoms with Gasteiger partial charge in [-0.3, -0.25) is 0 Å². The second kappa shape index (κ2) is 9.52. The van der Waals surface area contributed by atoms with Crippen molar-refractivity contribution in [3.63, 3.8) is 0 Å². The molecular formula is C16H26N2O4S. The van der Waals surface area contributed by atoms with Crippen LogP contribution in [-0.2, 0) is 10.0 Å². The van der Waals surface area contributed by atoms with Crippen molar-refractivity contribution in [1.82, 2.24) is 4.72 Å². The van der Waals surface area contributed by atoms with Crippen LogP contribution in [-0.4, -0.2) is 32.6 Å². The van der Waals surface area contributed by atoms with Gasteiger partial charge in [-0.15, -0.1) is 0 Å². The molecule has 0 atom stereocenters. The van der Waals surface area contributed by atoms with Gasteiger partial charge in [0.05, 0.1) is 10.5 Å². The van der Waals surface area contributed by atoms with E-state index in [4.69, 9.17) is 0 Å². The third-order valence-corrected chi connectivity index (χ3v) is 4.91. The minimum Gasteiger partial charge on any atom is -0.478 e. The van der Waals surface area contributed by atoms with Gasteiger partial charge in [0.15, 0.2) is 0 Å². The lowest BCUT2D eigenvalue weighted by Crippen LogP contribution is -2.25. The number of carboxylic acids is 1. The third kappa shape index (κ3) is 6.19. The topological polar surface area (TPSA) is 95.5 Å². The molecule has 0 aromatic heterocycles. The van der Waals surface area contributed by atoms with E-state index in [-0.39, 0.29) is 10.5 Å². The van der Waals surface area contributed by atoms with E-state index >= 15 is 0 Å². The lowest BCUT2D eigenvalue weighted by molar-refractivity contribution is 0.0697. The predicted octanol–water partition coefficient (Wildman–Crippen LogP) is 3.07. The molecule has 1 rings (SSSR count). The molecule has 3 N–H and O–H groups in total. The highest BCUT2D eigenvalue weighted by Crippen LogP contribution is 2.21. The van der Waals surface area contributed by atoms with Crippen molar-refractivity contribution in [3.8, 4) is 0 Å². The van der Waals surface area contributed by atoms with Crippen LogP contribution in [0, 0.1) is 0 Å². The van der Waals surface area contributed by atoms with Gasteiger partial charge in [-0.2, -0.15) is 0 Å². The summed E-state index contributed by atoms with van der Waals surface area (Å²) in [5, 5.41) is 12.4. The molecule has 6 nitrogen and oxygen atoms in total. The van der Waals surface area contributed by atoms with Gasteiger partial charge in [0.25, 0.3) is 0 Å². The van der Waals surface area contributed by atoms with Crippen LogP contribution in [0.4, 0.5) is 5.69 Å². The molecule has 0 fully saturated rings. The monoisotopic (exact) mass is 342 g/mol. The van der Waals surface area contributed by atoms with Gasteiger partial charge in [-0.1, -0.05) is 33.1 Å². The van der Waals surface area contributed by atoms with E-state index in [0.29, 0.717) is 18.8 Å². The highest BCUT2D eigenvalue weighted by atomic mass is 32.2. The van der Waals surface area contributed by atoms with E-state index in [9.17, 15) is 18.3 Å². The zero-order chi connectivity index (χ0) is 17.3. The Kier molecular flexibility index (Phi) is 8.05. The normalized spacial score (nSPS) is 11.4. The summed E-state index contributed by atoms with van der Waals surface area (Å²) in [7, 11) is -3.68. The zero-order valence-electron chi connectivity index (χ0n) is 13.8. The SMILES string of the molecule is CCCCCNc1ccc(S(=O)(=O)NCCCC)cc1C(=O)O. The second-order valence-corrected chi connectivity index (χ2v) is 7.16. The number of hydrogen-bond donors (Lipinski definition) is 3. The molecule has 130 valence electrons. The summed E-state index contributed by atoms with van der Waals surface area (Å²) in [6.07, 6.45) is 4.69. The molecule has 0 aliphatic rings. The maximum absolute atomic E-state index is 12.2. The number of unbranched alkanes of at least 4 members (excludes halogenated alkanes) is 3. The summed E-state index contributed by atoms with van der Waals surface area (Å²) in [6.45, 7) is 5.07. The summed E-state index contributed by atoms with van der Waals surface area (Å²) in [5.41, 5.74) is 0.418. The van der Waals surface area contributed by atoms with Gasteiger partial charge in [-0.25, -0.2) is 17.9 Å². The summed E-state index contributed by atoms with van der Waals surface area (Å²) < 4.78 is 26.8. The number of hydrogen-bond acceptors (Lipinski definition) is 4. The molecule has 0 spiro atoms. The van der Waals surface area contributed by atoms with Gasteiger partial charge < -0.3 is 10.4 Å². The molecule has 0 heterocycles. The maximum Gasteiger partial charge on any atom is 0.337 e. The second-order valence-electron chi connectivity index (χ2n) is 5.40. The summed E-state index contributed by atoms with van der Waals surface area (Å²) in [6, 6.07) is 4.16. The van der Waals surface area contributed by atoms with Crippen LogP contribution in [0.1, 0.15) is 56.3 Å². The van der Waals surface area contributed by atoms with E-state index in [2.05, 4.69) is 17.0 Å². The molecular weight excluding hydrogens is 316 g/mol. The fourth-order valence-electron chi connectivity index (χ4n) is 2.09. The Bertz CT molecular complexity index is 615. The van der Waals surface area contributed by atoms with E-state index in [1.165, 1.54) is 18.2 Å². The lowest BCUT2D eigenvalue weighted by Gasteiger charge is -2.12. The largest absolute Gasteiger partial charge is 0.478 e. The Morgan fingerprint density at radius 2 is 1.78 bits per heavy atom. The first-order valence-electron chi connectivity index (χ1n) is 8.03. The van der Waals surface area contributed by atoms with Crippen molar-refractivity contribution >= 4 is 21.7 Å². The van der Waals surface area contributed by atoms with Crippen molar-refractivity contribution in [2.45, 2.75) is 50.8 Å². The molecule has 0 amide bonds. The Hall–Kier alpha value is -1.60. The number of anilines is 1. The van der Waals surface area contributed by atoms with Crippen LogP contribution in [0.2, 0.25) is 0 Å². The Balaban J connectivity index is 2.92. The number of aromatic carboxylic acids is 1. The average molecular weight is 342 g/mol. The van der Waals surface area contributed by atoms with Crippen molar-refractivity contribution < 1.29 is 18.3 Å². The first kappa shape index (κ1) is 19.4. The van der Waals surface area contributed by atoms with Crippen LogP contribution in [0.15, 0.2) is 23.1 Å². The highest BCUT2D eigenvalue weighted by molar-refractivity contribution is 7.89. The van der Waals surface area contributed by atoms with Crippen LogP contribution >= 0.6 is 0 Å². The van der Waals surface area contributed by atoms with Crippen molar-refractivity contribution in [2.24, 2.45) is 0 Å². The fourth-order valence-corrected chi connectivity index (χ4v) is 3.19. The van der Waals surface area contributed by atoms with Crippen LogP contribution in [0.5, 0.6) is 0 Å². The van der Waals surface area contributed by atoms with Crippen molar-refractivity contribution in [1.29, 1.82) is 0 Å². The molecule has 1 aromatic rings. The molecule has 7 heteroatoms. The number of nitrogens with one attached hydrogen (secondary N) is 2. The Morgan fingerprint density at radius 1 is 1.09 bits per heavy atom. The van der Waals surface area contributed by atoms with Gasteiger partial charge >= 0.3 is 5.97 Å². The number of benzene rings is 1. The minimum absolute atomic E-state index is 0.0230. The van der Waals surface area contributed by atoms with E-state index in [0.717, 1.165) is 32.1 Å². The molecule has 1 aromatic carbocycles. The van der Waals surface area contributed by atoms with Crippen LogP contribution < -0.4 is 10.0 Å². The van der Waals surface area contributed by atoms with Crippen molar-refractivity contribution in [3.05, 3.63) is 23.8 Å². The lowest BCUT2D eigenvalue weighted by atomic mass is 10.1. The summed E-state index contributed by atoms with van der Waals surface area (Å²) >= 11 is 0. The zero-order valence-corrected chi connectivity index (χ0v) is 14.6. The third-order valence-electron chi connectivity index (χ3n) is 3.45. The van der Waals surface area contributed by atoms with Gasteiger partial charge in [0, 0.05) is 18.8 Å². The Morgan fingerprint density at radius 3 is 2.39 bits per heavy atom. The minimum atomic E-state index is -3.68. The van der Waals surface area contributed by atoms with Gasteiger partial charge in [0.1, 0.15) is 0 Å². The molecule has 23 heavy (non-hydrogen) atoms. The van der Waals surface area contributed by atoms with Gasteiger partial charge in [0.2, 0.25) is 10.0 Å². The maximum atomic E-state index is 12.2. The molecule has 0 bridgehead atoms. The molecule has 0 radical (unpaired) electrons. The van der Waals surface area contributed by atoms with E-state index in [1.54, 1.807) is 0 Å². The fraction of sp³-hybridized carbons (Fsp3) is 0.562. The highest BCUT2D eigenvalue weighted by Gasteiger charge is 2.18. The summed E-state index contributed by atoms with van der Waals surface area (Å²) in [4.78, 5) is 11.4. The number of sulfonamides is 1. The molecule has 0 aliphatic carbocycles. The summed E-state index contributed by atoms with van der Waals surface area (Å²) in [5.74, 6) is -1.14. The Labute approximate surface area is 138 Å². The smallest absolute Gasteiger partial charge is 0.337 e. The average Bonchev–Trinajstić information content (AvgIpc) is 2.51. The number of carboxylic acid groups (broad SMARTS) is 1. The van der Waals surface area contributed by atoms with Crippen LogP contribution in [0.3, 0.4) is 0 Å². The van der Waals surface area contributed by atoms with Crippen molar-refractivity contribution in [2.75, 3.05) is 18.4 Å².